The third-order valence-electron chi connectivity index (χ3n) is 5.00. The van der Waals surface area contributed by atoms with Crippen molar-refractivity contribution in [3.63, 3.8) is 0 Å². The normalized spacial score (nSPS) is 17.2. The zero-order chi connectivity index (χ0) is 19.1. The van der Waals surface area contributed by atoms with Gasteiger partial charge in [-0.05, 0) is 85.8 Å². The molecule has 0 aromatic heterocycles. The van der Waals surface area contributed by atoms with Crippen molar-refractivity contribution in [1.82, 2.24) is 4.90 Å². The van der Waals surface area contributed by atoms with Crippen LogP contribution in [0.15, 0.2) is 48.5 Å². The van der Waals surface area contributed by atoms with Gasteiger partial charge < -0.3 is 4.74 Å². The monoisotopic (exact) mass is 405 g/mol. The van der Waals surface area contributed by atoms with Crippen molar-refractivity contribution in [1.29, 1.82) is 0 Å². The van der Waals surface area contributed by atoms with Crippen molar-refractivity contribution in [2.45, 2.75) is 38.1 Å². The maximum absolute atomic E-state index is 10.9. The molecule has 1 saturated heterocycles. The zero-order valence-corrected chi connectivity index (χ0v) is 16.9. The maximum atomic E-state index is 10.9. The molecule has 0 radical (unpaired) electrons. The summed E-state index contributed by atoms with van der Waals surface area (Å²) in [5.74, 6) is 0.901. The summed E-state index contributed by atoms with van der Waals surface area (Å²) in [5.41, 5.74) is 2.49. The Kier molecular flexibility index (Phi) is 7.57. The van der Waals surface area contributed by atoms with Crippen molar-refractivity contribution < 1.29 is 9.53 Å². The van der Waals surface area contributed by atoms with Gasteiger partial charge in [-0.2, -0.15) is 0 Å². The standard InChI is InChI=1S/C22H25Cl2NO2/c23-19-9-5-17(6-10-19)15-18-7-11-21(12-8-18)27-16-20-3-1-13-25(20)14-2-4-22(24)26/h5-12,20H,1-4,13-16H2/t20-/m0/s1. The Morgan fingerprint density at radius 2 is 1.74 bits per heavy atom. The van der Waals surface area contributed by atoms with E-state index in [1.54, 1.807) is 0 Å². The van der Waals surface area contributed by atoms with Crippen molar-refractivity contribution in [3.05, 3.63) is 64.7 Å². The van der Waals surface area contributed by atoms with E-state index in [2.05, 4.69) is 29.2 Å². The molecule has 0 saturated carbocycles. The summed E-state index contributed by atoms with van der Waals surface area (Å²) >= 11 is 11.4. The summed E-state index contributed by atoms with van der Waals surface area (Å²) in [4.78, 5) is 13.3. The molecule has 0 spiro atoms. The lowest BCUT2D eigenvalue weighted by molar-refractivity contribution is -0.111. The van der Waals surface area contributed by atoms with Gasteiger partial charge in [0, 0.05) is 17.5 Å². The number of halogens is 2. The first-order valence-electron chi connectivity index (χ1n) is 9.49. The lowest BCUT2D eigenvalue weighted by Crippen LogP contribution is -2.35. The Bertz CT molecular complexity index is 731. The smallest absolute Gasteiger partial charge is 0.221 e. The average Bonchev–Trinajstić information content (AvgIpc) is 3.10. The van der Waals surface area contributed by atoms with Crippen LogP contribution in [0.1, 0.15) is 36.8 Å². The Morgan fingerprint density at radius 3 is 2.41 bits per heavy atom. The van der Waals surface area contributed by atoms with Crippen LogP contribution in [0.4, 0.5) is 0 Å². The van der Waals surface area contributed by atoms with E-state index in [1.165, 1.54) is 17.5 Å². The van der Waals surface area contributed by atoms with E-state index < -0.39 is 0 Å². The van der Waals surface area contributed by atoms with Crippen LogP contribution in [0.2, 0.25) is 5.02 Å². The van der Waals surface area contributed by atoms with Gasteiger partial charge in [-0.15, -0.1) is 0 Å². The quantitative estimate of drug-likeness (QED) is 0.528. The van der Waals surface area contributed by atoms with E-state index in [9.17, 15) is 4.79 Å². The van der Waals surface area contributed by atoms with Crippen LogP contribution in [-0.2, 0) is 11.2 Å². The molecule has 2 aromatic rings. The van der Waals surface area contributed by atoms with Crippen molar-refractivity contribution in [2.75, 3.05) is 19.7 Å². The Balaban J connectivity index is 1.46. The molecule has 0 aliphatic carbocycles. The Hall–Kier alpha value is -1.55. The van der Waals surface area contributed by atoms with E-state index in [4.69, 9.17) is 27.9 Å². The number of hydrogen-bond donors (Lipinski definition) is 0. The van der Waals surface area contributed by atoms with Crippen LogP contribution in [0.25, 0.3) is 0 Å². The highest BCUT2D eigenvalue weighted by molar-refractivity contribution is 6.63. The molecular weight excluding hydrogens is 381 g/mol. The topological polar surface area (TPSA) is 29.5 Å². The predicted molar refractivity (Wildman–Crippen MR) is 111 cm³/mol. The van der Waals surface area contributed by atoms with Gasteiger partial charge in [0.05, 0.1) is 0 Å². The predicted octanol–water partition coefficient (Wildman–Crippen LogP) is 5.32. The summed E-state index contributed by atoms with van der Waals surface area (Å²) < 4.78 is 6.02. The molecule has 27 heavy (non-hydrogen) atoms. The SMILES string of the molecule is O=C(Cl)CCCN1CCC[C@H]1COc1ccc(Cc2ccc(Cl)cc2)cc1. The van der Waals surface area contributed by atoms with Gasteiger partial charge in [0.25, 0.3) is 0 Å². The van der Waals surface area contributed by atoms with Crippen molar-refractivity contribution in [2.24, 2.45) is 0 Å². The Labute approximate surface area is 171 Å². The highest BCUT2D eigenvalue weighted by Gasteiger charge is 2.24. The van der Waals surface area contributed by atoms with Gasteiger partial charge in [0.1, 0.15) is 12.4 Å². The van der Waals surface area contributed by atoms with Gasteiger partial charge in [-0.25, -0.2) is 0 Å². The molecule has 144 valence electrons. The van der Waals surface area contributed by atoms with Crippen molar-refractivity contribution >= 4 is 28.4 Å². The number of nitrogens with zero attached hydrogens (tertiary/aromatic N) is 1. The second kappa shape index (κ2) is 10.1. The summed E-state index contributed by atoms with van der Waals surface area (Å²) in [5, 5.41) is 0.512. The highest BCUT2D eigenvalue weighted by atomic mass is 35.5. The molecule has 0 N–H and O–H groups in total. The average molecular weight is 406 g/mol. The number of carbonyl (C=O) groups excluding carboxylic acids is 1. The molecule has 1 atom stereocenters. The number of benzene rings is 2. The Morgan fingerprint density at radius 1 is 1.07 bits per heavy atom. The minimum Gasteiger partial charge on any atom is -0.492 e. The fourth-order valence-corrected chi connectivity index (χ4v) is 3.79. The molecule has 1 aliphatic heterocycles. The second-order valence-corrected chi connectivity index (χ2v) is 7.91. The van der Waals surface area contributed by atoms with E-state index in [1.807, 2.05) is 24.3 Å². The molecule has 1 aliphatic rings. The molecule has 0 bridgehead atoms. The minimum absolute atomic E-state index is 0.249. The number of rotatable bonds is 9. The van der Waals surface area contributed by atoms with E-state index in [-0.39, 0.29) is 5.24 Å². The summed E-state index contributed by atoms with van der Waals surface area (Å²) in [6, 6.07) is 16.7. The zero-order valence-electron chi connectivity index (χ0n) is 15.4. The van der Waals surface area contributed by atoms with Crippen LogP contribution in [0.3, 0.4) is 0 Å². The lowest BCUT2D eigenvalue weighted by Gasteiger charge is -2.24. The molecule has 0 amide bonds. The molecule has 2 aromatic carbocycles. The number of hydrogen-bond acceptors (Lipinski definition) is 3. The number of ether oxygens (including phenoxy) is 1. The first-order valence-corrected chi connectivity index (χ1v) is 10.2. The molecule has 0 unspecified atom stereocenters. The molecule has 1 fully saturated rings. The minimum atomic E-state index is -0.249. The van der Waals surface area contributed by atoms with Crippen LogP contribution < -0.4 is 4.74 Å². The third kappa shape index (κ3) is 6.53. The summed E-state index contributed by atoms with van der Waals surface area (Å²) in [6.07, 6.45) is 4.47. The van der Waals surface area contributed by atoms with Gasteiger partial charge in [-0.3, -0.25) is 9.69 Å². The van der Waals surface area contributed by atoms with Crippen LogP contribution >= 0.6 is 23.2 Å². The van der Waals surface area contributed by atoms with Crippen LogP contribution in [0, 0.1) is 0 Å². The molecule has 1 heterocycles. The second-order valence-electron chi connectivity index (χ2n) is 7.05. The van der Waals surface area contributed by atoms with E-state index in [0.717, 1.165) is 43.1 Å². The van der Waals surface area contributed by atoms with Crippen molar-refractivity contribution in [3.8, 4) is 5.75 Å². The lowest BCUT2D eigenvalue weighted by atomic mass is 10.1. The third-order valence-corrected chi connectivity index (χ3v) is 5.45. The van der Waals surface area contributed by atoms with E-state index in [0.29, 0.717) is 19.1 Å². The molecule has 3 rings (SSSR count). The first-order chi connectivity index (χ1) is 13.1. The molecule has 3 nitrogen and oxygen atoms in total. The van der Waals surface area contributed by atoms with E-state index >= 15 is 0 Å². The largest absolute Gasteiger partial charge is 0.492 e. The number of likely N-dealkylation sites (tertiary alicyclic amines) is 1. The first kappa shape index (κ1) is 20.2. The maximum Gasteiger partial charge on any atom is 0.221 e. The number of carbonyl (C=O) groups is 1. The van der Waals surface area contributed by atoms with Gasteiger partial charge in [0.2, 0.25) is 5.24 Å². The fourth-order valence-electron chi connectivity index (χ4n) is 3.53. The summed E-state index contributed by atoms with van der Waals surface area (Å²) in [6.45, 7) is 2.67. The summed E-state index contributed by atoms with van der Waals surface area (Å²) in [7, 11) is 0. The highest BCUT2D eigenvalue weighted by Crippen LogP contribution is 2.21. The molecular formula is C22H25Cl2NO2. The van der Waals surface area contributed by atoms with Crippen LogP contribution in [0.5, 0.6) is 5.75 Å². The van der Waals surface area contributed by atoms with Gasteiger partial charge >= 0.3 is 0 Å². The molecule has 5 heteroatoms. The van der Waals surface area contributed by atoms with Crippen LogP contribution in [-0.4, -0.2) is 35.9 Å². The van der Waals surface area contributed by atoms with Gasteiger partial charge in [0.15, 0.2) is 0 Å². The fraction of sp³-hybridized carbons (Fsp3) is 0.409. The van der Waals surface area contributed by atoms with Gasteiger partial charge in [-0.1, -0.05) is 35.9 Å².